The van der Waals surface area contributed by atoms with E-state index >= 15 is 0 Å². The third-order valence-corrected chi connectivity index (χ3v) is 4.70. The van der Waals surface area contributed by atoms with Gasteiger partial charge in [0.05, 0.1) is 0 Å². The predicted octanol–water partition coefficient (Wildman–Crippen LogP) is 3.73. The number of thiol groups is 1. The predicted molar refractivity (Wildman–Crippen MR) is 97.0 cm³/mol. The van der Waals surface area contributed by atoms with Crippen molar-refractivity contribution in [3.63, 3.8) is 0 Å². The van der Waals surface area contributed by atoms with E-state index in [0.717, 1.165) is 36.2 Å². The molecule has 1 aromatic carbocycles. The number of nitrogens with one attached hydrogen (secondary N) is 2. The van der Waals surface area contributed by atoms with Gasteiger partial charge in [0.15, 0.2) is 0 Å². The number of anilines is 1. The highest BCUT2D eigenvalue weighted by Gasteiger charge is 2.19. The monoisotopic (exact) mass is 327 g/mol. The molecule has 4 nitrogen and oxygen atoms in total. The number of nitrogens with zero attached hydrogens (tertiary/aromatic N) is 1. The summed E-state index contributed by atoms with van der Waals surface area (Å²) >= 11 is 4.39. The fraction of sp³-hybridized carbons (Fsp3) is 0.278. The number of aromatic nitrogens is 1. The van der Waals surface area contributed by atoms with E-state index in [1.807, 2.05) is 32.0 Å². The first-order valence-electron chi connectivity index (χ1n) is 7.65. The molecule has 0 radical (unpaired) electrons. The summed E-state index contributed by atoms with van der Waals surface area (Å²) in [7, 11) is 0. The number of amides is 1. The zero-order valence-electron chi connectivity index (χ0n) is 13.2. The van der Waals surface area contributed by atoms with E-state index < -0.39 is 5.91 Å². The Bertz CT molecular complexity index is 820. The minimum absolute atomic E-state index is 0. The molecule has 1 aliphatic rings. The first-order valence-corrected chi connectivity index (χ1v) is 8.09. The first-order chi connectivity index (χ1) is 11.0. The second-order valence-corrected chi connectivity index (χ2v) is 6.39. The van der Waals surface area contributed by atoms with Crippen molar-refractivity contribution in [2.75, 3.05) is 5.32 Å². The molecule has 0 saturated carbocycles. The lowest BCUT2D eigenvalue weighted by Gasteiger charge is -2.11. The highest BCUT2D eigenvalue weighted by Crippen LogP contribution is 2.25. The number of hydrogen-bond acceptors (Lipinski definition) is 4. The Hall–Kier alpha value is -2.14. The largest absolute Gasteiger partial charge is 0.321 e. The molecule has 120 valence electrons. The van der Waals surface area contributed by atoms with Gasteiger partial charge in [-0.25, -0.2) is 0 Å². The van der Waals surface area contributed by atoms with E-state index in [1.165, 1.54) is 11.1 Å². The van der Waals surface area contributed by atoms with Crippen molar-refractivity contribution in [2.24, 2.45) is 0 Å². The second kappa shape index (κ2) is 6.16. The molecule has 1 aliphatic carbocycles. The molecule has 0 fully saturated rings. The van der Waals surface area contributed by atoms with Crippen LogP contribution in [0.5, 0.6) is 0 Å². The number of hydrogen-bond donors (Lipinski definition) is 3. The number of aryl methyl sites for hydroxylation is 4. The maximum atomic E-state index is 12.4. The molecule has 2 aromatic rings. The van der Waals surface area contributed by atoms with E-state index in [0.29, 0.717) is 10.6 Å². The number of fused-ring (bicyclic) bond motifs is 1. The smallest absolute Gasteiger partial charge is 0.275 e. The van der Waals surface area contributed by atoms with Crippen molar-refractivity contribution in [1.29, 1.82) is 5.41 Å². The Morgan fingerprint density at radius 1 is 1.26 bits per heavy atom. The van der Waals surface area contributed by atoms with Gasteiger partial charge in [0.1, 0.15) is 11.4 Å². The van der Waals surface area contributed by atoms with Crippen LogP contribution in [0, 0.1) is 19.3 Å². The van der Waals surface area contributed by atoms with Crippen molar-refractivity contribution < 1.29 is 6.22 Å². The molecule has 1 amide bonds. The van der Waals surface area contributed by atoms with E-state index in [2.05, 4.69) is 29.0 Å². The minimum atomic E-state index is -0.462. The summed E-state index contributed by atoms with van der Waals surface area (Å²) in [5.74, 6) is -0.462. The van der Waals surface area contributed by atoms with E-state index in [1.54, 1.807) is 0 Å². The summed E-state index contributed by atoms with van der Waals surface area (Å²) in [6.07, 6.45) is 3.32. The molecule has 0 aliphatic heterocycles. The van der Waals surface area contributed by atoms with Crippen LogP contribution in [0.4, 0.5) is 5.69 Å². The van der Waals surface area contributed by atoms with Gasteiger partial charge < -0.3 is 5.32 Å². The highest BCUT2D eigenvalue weighted by molar-refractivity contribution is 7.80. The van der Waals surface area contributed by atoms with Gasteiger partial charge in [0.2, 0.25) is 0 Å². The quantitative estimate of drug-likeness (QED) is 0.594. The average Bonchev–Trinajstić information content (AvgIpc) is 2.97. The lowest BCUT2D eigenvalue weighted by atomic mass is 10.1. The standard InChI is InChI=1S/C18H19N3OS.H2/c1-10-8-11(2)20-16(17(10)23)15(19)18(22)21-14-7-6-12-4-3-5-13(12)9-14;/h6-9,19,23H,3-5H2,1-2H3,(H,21,22);1H. The summed E-state index contributed by atoms with van der Waals surface area (Å²) in [6.45, 7) is 3.74. The molecule has 0 atom stereocenters. The molecule has 23 heavy (non-hydrogen) atoms. The van der Waals surface area contributed by atoms with Crippen molar-refractivity contribution in [1.82, 2.24) is 4.98 Å². The molecule has 0 saturated heterocycles. The molecular formula is C18H21N3OS. The van der Waals surface area contributed by atoms with Gasteiger partial charge in [-0.1, -0.05) is 6.07 Å². The van der Waals surface area contributed by atoms with E-state index in [-0.39, 0.29) is 7.14 Å². The Labute approximate surface area is 142 Å². The fourth-order valence-corrected chi connectivity index (χ4v) is 3.18. The third kappa shape index (κ3) is 3.15. The average molecular weight is 327 g/mol. The summed E-state index contributed by atoms with van der Waals surface area (Å²) in [4.78, 5) is 17.2. The lowest BCUT2D eigenvalue weighted by molar-refractivity contribution is -0.110. The van der Waals surface area contributed by atoms with Crippen LogP contribution in [-0.4, -0.2) is 16.6 Å². The highest BCUT2D eigenvalue weighted by atomic mass is 32.1. The van der Waals surface area contributed by atoms with E-state index in [4.69, 9.17) is 5.41 Å². The van der Waals surface area contributed by atoms with Crippen LogP contribution < -0.4 is 5.32 Å². The molecule has 5 heteroatoms. The number of carbonyl (C=O) groups excluding carboxylic acids is 1. The zero-order valence-corrected chi connectivity index (χ0v) is 14.1. The Kier molecular flexibility index (Phi) is 4.22. The van der Waals surface area contributed by atoms with Gasteiger partial charge in [-0.3, -0.25) is 15.2 Å². The molecule has 1 heterocycles. The Balaban J connectivity index is 0.00000208. The molecule has 1 aromatic heterocycles. The number of benzene rings is 1. The van der Waals surface area contributed by atoms with Gasteiger partial charge in [0.25, 0.3) is 5.91 Å². The van der Waals surface area contributed by atoms with Crippen LogP contribution >= 0.6 is 12.6 Å². The van der Waals surface area contributed by atoms with E-state index in [9.17, 15) is 4.79 Å². The second-order valence-electron chi connectivity index (χ2n) is 5.94. The van der Waals surface area contributed by atoms with Crippen LogP contribution in [0.1, 0.15) is 35.9 Å². The number of rotatable bonds is 3. The first kappa shape index (κ1) is 15.7. The molecule has 3 rings (SSSR count). The van der Waals surface area contributed by atoms with Crippen LogP contribution in [0.25, 0.3) is 0 Å². The van der Waals surface area contributed by atoms with Gasteiger partial charge >= 0.3 is 0 Å². The molecular weight excluding hydrogens is 306 g/mol. The third-order valence-electron chi connectivity index (χ3n) is 4.13. The molecule has 2 N–H and O–H groups in total. The van der Waals surface area contributed by atoms with Crippen molar-refractivity contribution in [3.05, 3.63) is 52.3 Å². The van der Waals surface area contributed by atoms with Crippen molar-refractivity contribution in [2.45, 2.75) is 38.0 Å². The topological polar surface area (TPSA) is 65.8 Å². The number of pyridine rings is 1. The molecule has 0 spiro atoms. The SMILES string of the molecule is Cc1cc(C)c(S)c(C(=N)C(=O)Nc2ccc3c(c2)CCC3)n1.[HH]. The Morgan fingerprint density at radius 3 is 2.78 bits per heavy atom. The maximum absolute atomic E-state index is 12.4. The summed E-state index contributed by atoms with van der Waals surface area (Å²) in [5.41, 5.74) is 5.20. The molecule has 0 bridgehead atoms. The summed E-state index contributed by atoms with van der Waals surface area (Å²) in [6, 6.07) is 7.84. The summed E-state index contributed by atoms with van der Waals surface area (Å²) < 4.78 is 0. The summed E-state index contributed by atoms with van der Waals surface area (Å²) in [5, 5.41) is 10.9. The minimum Gasteiger partial charge on any atom is -0.321 e. The van der Waals surface area contributed by atoms with Crippen LogP contribution in [0.2, 0.25) is 0 Å². The van der Waals surface area contributed by atoms with Crippen LogP contribution in [-0.2, 0) is 17.6 Å². The van der Waals surface area contributed by atoms with Crippen molar-refractivity contribution in [3.8, 4) is 0 Å². The maximum Gasteiger partial charge on any atom is 0.275 e. The van der Waals surface area contributed by atoms with Crippen LogP contribution in [0.15, 0.2) is 29.2 Å². The lowest BCUT2D eigenvalue weighted by Crippen LogP contribution is -2.24. The fourth-order valence-electron chi connectivity index (χ4n) is 2.96. The van der Waals surface area contributed by atoms with Gasteiger partial charge in [-0.15, -0.1) is 12.6 Å². The van der Waals surface area contributed by atoms with Crippen molar-refractivity contribution >= 4 is 29.9 Å². The molecule has 0 unspecified atom stereocenters. The van der Waals surface area contributed by atoms with Gasteiger partial charge in [-0.2, -0.15) is 0 Å². The normalized spacial score (nSPS) is 12.8. The van der Waals surface area contributed by atoms with Gasteiger partial charge in [-0.05, 0) is 68.0 Å². The Morgan fingerprint density at radius 2 is 2.00 bits per heavy atom. The number of carbonyl (C=O) groups is 1. The van der Waals surface area contributed by atoms with Gasteiger partial charge in [0, 0.05) is 17.7 Å². The van der Waals surface area contributed by atoms with Crippen LogP contribution in [0.3, 0.4) is 0 Å². The zero-order chi connectivity index (χ0) is 16.6.